The quantitative estimate of drug-likeness (QED) is 0.856. The van der Waals surface area contributed by atoms with Gasteiger partial charge in [0.1, 0.15) is 11.9 Å². The van der Waals surface area contributed by atoms with Crippen molar-refractivity contribution < 1.29 is 17.5 Å². The fourth-order valence-corrected chi connectivity index (χ4v) is 4.39. The van der Waals surface area contributed by atoms with Crippen molar-refractivity contribution in [2.24, 2.45) is 0 Å². The van der Waals surface area contributed by atoms with E-state index in [4.69, 9.17) is 16.3 Å². The number of sulfonamides is 1. The van der Waals surface area contributed by atoms with Crippen LogP contribution in [0.4, 0.5) is 4.39 Å². The highest BCUT2D eigenvalue weighted by molar-refractivity contribution is 7.89. The molecule has 5 nitrogen and oxygen atoms in total. The minimum Gasteiger partial charge on any atom is -0.474 e. The van der Waals surface area contributed by atoms with Gasteiger partial charge in [0.2, 0.25) is 15.9 Å². The number of hydrogen-bond donors (Lipinski definition) is 1. The molecular weight excluding hydrogens is 367 g/mol. The van der Waals surface area contributed by atoms with Gasteiger partial charge in [-0.2, -0.15) is 0 Å². The van der Waals surface area contributed by atoms with Gasteiger partial charge in [-0.1, -0.05) is 17.7 Å². The lowest BCUT2D eigenvalue weighted by molar-refractivity contribution is 0.138. The summed E-state index contributed by atoms with van der Waals surface area (Å²) in [7, 11) is -3.73. The van der Waals surface area contributed by atoms with Crippen molar-refractivity contribution in [2.45, 2.75) is 42.7 Å². The predicted octanol–water partition coefficient (Wildman–Crippen LogP) is 3.54. The fraction of sp³-hybridized carbons (Fsp3) is 0.353. The second-order valence-corrected chi connectivity index (χ2v) is 8.08. The lowest BCUT2D eigenvalue weighted by Crippen LogP contribution is -2.39. The third-order valence-electron chi connectivity index (χ3n) is 4.12. The molecule has 1 N–H and O–H groups in total. The summed E-state index contributed by atoms with van der Waals surface area (Å²) in [6.07, 6.45) is 4.47. The van der Waals surface area contributed by atoms with Gasteiger partial charge in [0, 0.05) is 18.3 Å². The number of ether oxygens (including phenoxy) is 1. The number of rotatable bonds is 5. The summed E-state index contributed by atoms with van der Waals surface area (Å²) in [6, 6.07) is 8.67. The molecular formula is C17H18ClFN2O3S. The maximum Gasteiger partial charge on any atom is 0.240 e. The summed E-state index contributed by atoms with van der Waals surface area (Å²) < 4.78 is 46.5. The van der Waals surface area contributed by atoms with Crippen LogP contribution >= 0.6 is 11.6 Å². The molecule has 0 bridgehead atoms. The Labute approximate surface area is 151 Å². The van der Waals surface area contributed by atoms with E-state index in [9.17, 15) is 12.8 Å². The molecule has 1 heterocycles. The Morgan fingerprint density at radius 1 is 1.16 bits per heavy atom. The first-order chi connectivity index (χ1) is 11.9. The van der Waals surface area contributed by atoms with Crippen LogP contribution < -0.4 is 9.46 Å². The Hall–Kier alpha value is -1.70. The molecule has 1 aliphatic carbocycles. The van der Waals surface area contributed by atoms with E-state index >= 15 is 0 Å². The van der Waals surface area contributed by atoms with E-state index in [1.165, 1.54) is 6.07 Å². The maximum atomic E-state index is 13.2. The summed E-state index contributed by atoms with van der Waals surface area (Å²) in [5.41, 5.74) is 0. The summed E-state index contributed by atoms with van der Waals surface area (Å²) in [4.78, 5) is 4.09. The highest BCUT2D eigenvalue weighted by Crippen LogP contribution is 2.25. The van der Waals surface area contributed by atoms with Crippen LogP contribution in [0.15, 0.2) is 47.5 Å². The Bertz CT molecular complexity index is 825. The molecule has 1 aromatic heterocycles. The van der Waals surface area contributed by atoms with Crippen LogP contribution in [0.3, 0.4) is 0 Å². The molecule has 0 spiro atoms. The maximum absolute atomic E-state index is 13.2. The Morgan fingerprint density at radius 3 is 2.56 bits per heavy atom. The number of nitrogens with zero attached hydrogens (tertiary/aromatic N) is 1. The molecule has 8 heteroatoms. The highest BCUT2D eigenvalue weighted by atomic mass is 35.5. The second-order valence-electron chi connectivity index (χ2n) is 5.96. The van der Waals surface area contributed by atoms with Crippen LogP contribution in [0, 0.1) is 5.82 Å². The van der Waals surface area contributed by atoms with E-state index in [2.05, 4.69) is 9.71 Å². The third kappa shape index (κ3) is 4.68. The molecule has 0 atom stereocenters. The average Bonchev–Trinajstić information content (AvgIpc) is 2.60. The molecule has 0 saturated heterocycles. The van der Waals surface area contributed by atoms with E-state index in [-0.39, 0.29) is 22.1 Å². The number of nitrogens with one attached hydrogen (secondary N) is 1. The largest absolute Gasteiger partial charge is 0.474 e. The van der Waals surface area contributed by atoms with Gasteiger partial charge in [-0.05, 0) is 49.9 Å². The first kappa shape index (κ1) is 18.1. The summed E-state index contributed by atoms with van der Waals surface area (Å²) >= 11 is 5.67. The van der Waals surface area contributed by atoms with Crippen LogP contribution in [0.5, 0.6) is 5.88 Å². The number of aromatic nitrogens is 1. The zero-order valence-corrected chi connectivity index (χ0v) is 14.9. The van der Waals surface area contributed by atoms with E-state index < -0.39 is 15.8 Å². The molecule has 0 aliphatic heterocycles. The molecule has 1 fully saturated rings. The zero-order chi connectivity index (χ0) is 17.9. The standard InChI is InChI=1S/C17H18ClFN2O3S/c18-15-11-14(8-9-16(15)19)25(22,23)21-12-4-6-13(7-5-12)24-17-3-1-2-10-20-17/h1-3,8-13,21H,4-7H2. The van der Waals surface area contributed by atoms with Gasteiger partial charge in [-0.3, -0.25) is 0 Å². The lowest BCUT2D eigenvalue weighted by Gasteiger charge is -2.29. The molecule has 134 valence electrons. The van der Waals surface area contributed by atoms with Gasteiger partial charge in [0.05, 0.1) is 9.92 Å². The summed E-state index contributed by atoms with van der Waals surface area (Å²) in [5, 5.41) is -0.213. The van der Waals surface area contributed by atoms with Crippen molar-refractivity contribution in [2.75, 3.05) is 0 Å². The first-order valence-electron chi connectivity index (χ1n) is 7.99. The Kier molecular flexibility index (Phi) is 5.56. The zero-order valence-electron chi connectivity index (χ0n) is 13.4. The highest BCUT2D eigenvalue weighted by Gasteiger charge is 2.27. The number of benzene rings is 1. The molecule has 2 aromatic rings. The number of pyridine rings is 1. The Balaban J connectivity index is 1.57. The van der Waals surface area contributed by atoms with Crippen LogP contribution in [0.2, 0.25) is 5.02 Å². The SMILES string of the molecule is O=S(=O)(NC1CCC(Oc2ccccn2)CC1)c1ccc(F)c(Cl)c1. The molecule has 1 aromatic carbocycles. The summed E-state index contributed by atoms with van der Waals surface area (Å²) in [5.74, 6) is -0.0692. The van der Waals surface area contributed by atoms with Crippen molar-refractivity contribution in [3.63, 3.8) is 0 Å². The topological polar surface area (TPSA) is 68.3 Å². The van der Waals surface area contributed by atoms with E-state index in [0.717, 1.165) is 25.0 Å². The van der Waals surface area contributed by atoms with Crippen molar-refractivity contribution in [1.29, 1.82) is 0 Å². The normalized spacial score (nSPS) is 21.0. The van der Waals surface area contributed by atoms with Crippen molar-refractivity contribution in [3.05, 3.63) is 53.4 Å². The van der Waals surface area contributed by atoms with Crippen molar-refractivity contribution >= 4 is 21.6 Å². The molecule has 1 aliphatic rings. The fourth-order valence-electron chi connectivity index (χ4n) is 2.82. The minimum absolute atomic E-state index is 0.0240. The van der Waals surface area contributed by atoms with Gasteiger partial charge in [-0.25, -0.2) is 22.5 Å². The molecule has 0 amide bonds. The lowest BCUT2D eigenvalue weighted by atomic mass is 9.94. The molecule has 25 heavy (non-hydrogen) atoms. The molecule has 3 rings (SSSR count). The number of halogens is 2. The smallest absolute Gasteiger partial charge is 0.240 e. The van der Waals surface area contributed by atoms with E-state index in [0.29, 0.717) is 18.7 Å². The second kappa shape index (κ2) is 7.68. The van der Waals surface area contributed by atoms with E-state index in [1.807, 2.05) is 12.1 Å². The van der Waals surface area contributed by atoms with Crippen molar-refractivity contribution in [1.82, 2.24) is 9.71 Å². The molecule has 0 unspecified atom stereocenters. The van der Waals surface area contributed by atoms with Gasteiger partial charge in [0.25, 0.3) is 0 Å². The Morgan fingerprint density at radius 2 is 1.92 bits per heavy atom. The van der Waals surface area contributed by atoms with Gasteiger partial charge >= 0.3 is 0 Å². The van der Waals surface area contributed by atoms with Crippen LogP contribution in [-0.4, -0.2) is 25.5 Å². The van der Waals surface area contributed by atoms with Gasteiger partial charge in [-0.15, -0.1) is 0 Å². The molecule has 1 saturated carbocycles. The van der Waals surface area contributed by atoms with Crippen LogP contribution in [-0.2, 0) is 10.0 Å². The number of hydrogen-bond acceptors (Lipinski definition) is 4. The third-order valence-corrected chi connectivity index (χ3v) is 5.93. The predicted molar refractivity (Wildman–Crippen MR) is 92.6 cm³/mol. The molecule has 0 radical (unpaired) electrons. The van der Waals surface area contributed by atoms with Gasteiger partial charge < -0.3 is 4.74 Å². The van der Waals surface area contributed by atoms with Gasteiger partial charge in [0.15, 0.2) is 0 Å². The first-order valence-corrected chi connectivity index (χ1v) is 9.85. The van der Waals surface area contributed by atoms with E-state index in [1.54, 1.807) is 12.3 Å². The summed E-state index contributed by atoms with van der Waals surface area (Å²) in [6.45, 7) is 0. The van der Waals surface area contributed by atoms with Crippen LogP contribution in [0.1, 0.15) is 25.7 Å². The van der Waals surface area contributed by atoms with Crippen LogP contribution in [0.25, 0.3) is 0 Å². The minimum atomic E-state index is -3.73. The monoisotopic (exact) mass is 384 g/mol. The van der Waals surface area contributed by atoms with Crippen molar-refractivity contribution in [3.8, 4) is 5.88 Å². The average molecular weight is 385 g/mol.